The van der Waals surface area contributed by atoms with Crippen molar-refractivity contribution in [2.45, 2.75) is 98.4 Å². The van der Waals surface area contributed by atoms with Gasteiger partial charge in [-0.05, 0) is 37.7 Å². The molecular weight excluding hydrogens is 536 g/mol. The number of hydrogen-bond acceptors (Lipinski definition) is 7. The molecule has 1 unspecified atom stereocenters. The summed E-state index contributed by atoms with van der Waals surface area (Å²) in [6.07, 6.45) is -0.640. The third-order valence-electron chi connectivity index (χ3n) is 7.38. The van der Waals surface area contributed by atoms with Gasteiger partial charge in [0.1, 0.15) is 17.7 Å². The van der Waals surface area contributed by atoms with Gasteiger partial charge in [0, 0.05) is 32.1 Å². The van der Waals surface area contributed by atoms with Gasteiger partial charge < -0.3 is 25.0 Å². The molecule has 2 N–H and O–H groups in total. The molecule has 0 heterocycles. The number of nitrogens with one attached hydrogen (secondary N) is 2. The molecule has 3 amide bonds. The second kappa shape index (κ2) is 14.8. The second-order valence-electron chi connectivity index (χ2n) is 13.9. The standard InChI is InChI=1S/C32H54N4O6/c1-21(2)23(19-33-20-24(37)41-13)35(11)28(39)25(30(3,4)5)34-27(38)26(36(12)29(40)42-31(6,7)8)32(9,10)22-17-15-14-16-18-22/h14-18,21,23,25-26,33H,19-20H2,1-13H3,(H,34,38)/t23-,25-,26?/m1/s1. The lowest BCUT2D eigenvalue weighted by molar-refractivity contribution is -0.142. The number of ether oxygens (including phenoxy) is 2. The van der Waals surface area contributed by atoms with E-state index in [1.54, 1.807) is 39.8 Å². The Morgan fingerprint density at radius 2 is 1.43 bits per heavy atom. The molecule has 1 rings (SSSR count). The third kappa shape index (κ3) is 10.3. The van der Waals surface area contributed by atoms with Crippen molar-refractivity contribution in [2.24, 2.45) is 11.3 Å². The van der Waals surface area contributed by atoms with Gasteiger partial charge in [0.2, 0.25) is 11.8 Å². The quantitative estimate of drug-likeness (QED) is 0.354. The number of likely N-dealkylation sites (N-methyl/N-ethyl adjacent to an activating group) is 2. The Kier molecular flexibility index (Phi) is 13.0. The Labute approximate surface area is 252 Å². The molecule has 0 radical (unpaired) electrons. The first-order valence-electron chi connectivity index (χ1n) is 14.5. The first kappa shape index (κ1) is 36.9. The summed E-state index contributed by atoms with van der Waals surface area (Å²) in [6, 6.07) is 7.33. The van der Waals surface area contributed by atoms with E-state index >= 15 is 0 Å². The predicted octanol–water partition coefficient (Wildman–Crippen LogP) is 3.98. The van der Waals surface area contributed by atoms with Gasteiger partial charge in [-0.1, -0.05) is 78.8 Å². The van der Waals surface area contributed by atoms with E-state index in [0.717, 1.165) is 5.56 Å². The molecule has 0 bridgehead atoms. The van der Waals surface area contributed by atoms with Gasteiger partial charge in [-0.2, -0.15) is 0 Å². The van der Waals surface area contributed by atoms with Crippen LogP contribution < -0.4 is 10.6 Å². The summed E-state index contributed by atoms with van der Waals surface area (Å²) in [6.45, 7) is 19.1. The Bertz CT molecular complexity index is 1060. The molecule has 10 heteroatoms. The van der Waals surface area contributed by atoms with Crippen LogP contribution in [0, 0.1) is 11.3 Å². The summed E-state index contributed by atoms with van der Waals surface area (Å²) in [5, 5.41) is 6.08. The SMILES string of the molecule is COC(=O)CNC[C@H](C(C)C)N(C)C(=O)[C@@H](NC(=O)C(N(C)C(=O)OC(C)(C)C)C(C)(C)c1ccccc1)C(C)(C)C. The van der Waals surface area contributed by atoms with E-state index in [-0.39, 0.29) is 24.4 Å². The van der Waals surface area contributed by atoms with E-state index in [0.29, 0.717) is 6.54 Å². The molecule has 0 aliphatic carbocycles. The van der Waals surface area contributed by atoms with Crippen molar-refractivity contribution >= 4 is 23.9 Å². The molecule has 0 aromatic heterocycles. The van der Waals surface area contributed by atoms with Crippen LogP contribution in [0.4, 0.5) is 4.79 Å². The van der Waals surface area contributed by atoms with Crippen molar-refractivity contribution in [1.29, 1.82) is 0 Å². The lowest BCUT2D eigenvalue weighted by Crippen LogP contribution is -2.63. The Hall–Kier alpha value is -3.14. The summed E-state index contributed by atoms with van der Waals surface area (Å²) in [5.74, 6) is -1.08. The number of hydrogen-bond donors (Lipinski definition) is 2. The Morgan fingerprint density at radius 1 is 0.881 bits per heavy atom. The average molecular weight is 591 g/mol. The number of amides is 3. The van der Waals surface area contributed by atoms with E-state index in [9.17, 15) is 19.2 Å². The van der Waals surface area contributed by atoms with Crippen molar-refractivity contribution in [2.75, 3.05) is 34.3 Å². The molecule has 0 saturated carbocycles. The first-order valence-corrected chi connectivity index (χ1v) is 14.5. The van der Waals surface area contributed by atoms with Gasteiger partial charge in [0.15, 0.2) is 0 Å². The molecule has 0 fully saturated rings. The van der Waals surface area contributed by atoms with Gasteiger partial charge in [-0.3, -0.25) is 19.3 Å². The molecule has 1 aromatic rings. The molecule has 0 aliphatic rings. The molecule has 0 aliphatic heterocycles. The zero-order valence-electron chi connectivity index (χ0n) is 28.0. The van der Waals surface area contributed by atoms with Crippen LogP contribution in [0.15, 0.2) is 30.3 Å². The van der Waals surface area contributed by atoms with E-state index in [4.69, 9.17) is 9.47 Å². The number of methoxy groups -OCH3 is 1. The van der Waals surface area contributed by atoms with Crippen molar-refractivity contribution in [3.8, 4) is 0 Å². The molecule has 3 atom stereocenters. The van der Waals surface area contributed by atoms with Crippen LogP contribution in [0.2, 0.25) is 0 Å². The molecule has 0 spiro atoms. The molecule has 0 saturated heterocycles. The summed E-state index contributed by atoms with van der Waals surface area (Å²) < 4.78 is 10.3. The molecule has 238 valence electrons. The number of esters is 1. The molecular formula is C32H54N4O6. The molecule has 1 aromatic carbocycles. The second-order valence-corrected chi connectivity index (χ2v) is 13.9. The van der Waals surface area contributed by atoms with Crippen molar-refractivity contribution in [1.82, 2.24) is 20.4 Å². The first-order chi connectivity index (χ1) is 19.1. The minimum absolute atomic E-state index is 0.0223. The zero-order valence-corrected chi connectivity index (χ0v) is 28.0. The highest BCUT2D eigenvalue weighted by Crippen LogP contribution is 2.32. The highest BCUT2D eigenvalue weighted by molar-refractivity contribution is 5.93. The van der Waals surface area contributed by atoms with E-state index in [2.05, 4.69) is 10.6 Å². The Balaban J connectivity index is 3.45. The van der Waals surface area contributed by atoms with Gasteiger partial charge >= 0.3 is 12.1 Å². The average Bonchev–Trinajstić information content (AvgIpc) is 2.87. The number of carbonyl (C=O) groups excluding carboxylic acids is 4. The lowest BCUT2D eigenvalue weighted by Gasteiger charge is -2.42. The summed E-state index contributed by atoms with van der Waals surface area (Å²) in [7, 11) is 4.57. The van der Waals surface area contributed by atoms with Gasteiger partial charge in [0.25, 0.3) is 0 Å². The van der Waals surface area contributed by atoms with Gasteiger partial charge in [0.05, 0.1) is 13.7 Å². The van der Waals surface area contributed by atoms with Crippen LogP contribution in [0.1, 0.15) is 74.8 Å². The maximum Gasteiger partial charge on any atom is 0.410 e. The van der Waals surface area contributed by atoms with Gasteiger partial charge in [-0.15, -0.1) is 0 Å². The zero-order chi connectivity index (χ0) is 32.6. The summed E-state index contributed by atoms with van der Waals surface area (Å²) in [4.78, 5) is 56.1. The Morgan fingerprint density at radius 3 is 1.88 bits per heavy atom. The number of rotatable bonds is 12. The fourth-order valence-corrected chi connectivity index (χ4v) is 4.90. The molecule has 10 nitrogen and oxygen atoms in total. The minimum atomic E-state index is -1.000. The van der Waals surface area contributed by atoms with Crippen molar-refractivity contribution in [3.63, 3.8) is 0 Å². The number of benzene rings is 1. The maximum absolute atomic E-state index is 14.2. The van der Waals surface area contributed by atoms with Crippen LogP contribution in [0.3, 0.4) is 0 Å². The summed E-state index contributed by atoms with van der Waals surface area (Å²) in [5.41, 5.74) is -1.41. The van der Waals surface area contributed by atoms with Crippen LogP contribution in [-0.2, 0) is 29.3 Å². The van der Waals surface area contributed by atoms with Crippen LogP contribution in [-0.4, -0.2) is 91.7 Å². The van der Waals surface area contributed by atoms with E-state index < -0.39 is 46.5 Å². The normalized spacial score (nSPS) is 14.4. The topological polar surface area (TPSA) is 117 Å². The highest BCUT2D eigenvalue weighted by atomic mass is 16.6. The summed E-state index contributed by atoms with van der Waals surface area (Å²) >= 11 is 0. The predicted molar refractivity (Wildman–Crippen MR) is 165 cm³/mol. The van der Waals surface area contributed by atoms with Crippen LogP contribution >= 0.6 is 0 Å². The fraction of sp³-hybridized carbons (Fsp3) is 0.688. The van der Waals surface area contributed by atoms with E-state index in [1.165, 1.54) is 12.0 Å². The van der Waals surface area contributed by atoms with Crippen LogP contribution in [0.5, 0.6) is 0 Å². The number of nitrogens with zero attached hydrogens (tertiary/aromatic N) is 2. The van der Waals surface area contributed by atoms with E-state index in [1.807, 2.05) is 78.8 Å². The smallest absolute Gasteiger partial charge is 0.410 e. The lowest BCUT2D eigenvalue weighted by atomic mass is 9.76. The third-order valence-corrected chi connectivity index (χ3v) is 7.38. The van der Waals surface area contributed by atoms with Gasteiger partial charge in [-0.25, -0.2) is 4.79 Å². The maximum atomic E-state index is 14.2. The highest BCUT2D eigenvalue weighted by Gasteiger charge is 2.45. The van der Waals surface area contributed by atoms with Crippen molar-refractivity contribution in [3.05, 3.63) is 35.9 Å². The fourth-order valence-electron chi connectivity index (χ4n) is 4.90. The van der Waals surface area contributed by atoms with Crippen molar-refractivity contribution < 1.29 is 28.7 Å². The monoisotopic (exact) mass is 590 g/mol. The largest absolute Gasteiger partial charge is 0.468 e. The minimum Gasteiger partial charge on any atom is -0.468 e. The number of carbonyl (C=O) groups is 4. The van der Waals surface area contributed by atoms with Crippen LogP contribution in [0.25, 0.3) is 0 Å². The molecule has 42 heavy (non-hydrogen) atoms.